The molecule has 1 heterocycles. The van der Waals surface area contributed by atoms with Crippen molar-refractivity contribution < 1.29 is 19.7 Å². The van der Waals surface area contributed by atoms with E-state index in [1.807, 2.05) is 18.2 Å². The fraction of sp³-hybridized carbons (Fsp3) is 0.357. The smallest absolute Gasteiger partial charge is 0.156 e. The Bertz CT molecular complexity index is 817. The summed E-state index contributed by atoms with van der Waals surface area (Å²) in [6.45, 7) is 6.23. The molecular formula is C28H34O4. The predicted octanol–water partition coefficient (Wildman–Crippen LogP) is 5.13. The van der Waals surface area contributed by atoms with Crippen molar-refractivity contribution >= 4 is 0 Å². The van der Waals surface area contributed by atoms with Gasteiger partial charge in [0.1, 0.15) is 5.60 Å². The predicted molar refractivity (Wildman–Crippen MR) is 127 cm³/mol. The lowest BCUT2D eigenvalue weighted by atomic mass is 9.80. The minimum atomic E-state index is -1.50. The third kappa shape index (κ3) is 6.50. The maximum atomic E-state index is 8.08. The first-order valence-electron chi connectivity index (χ1n) is 11.2. The summed E-state index contributed by atoms with van der Waals surface area (Å²) in [7, 11) is 0. The Hall–Kier alpha value is -2.50. The summed E-state index contributed by atoms with van der Waals surface area (Å²) in [6.07, 6.45) is 1.20. The second-order valence-corrected chi connectivity index (χ2v) is 8.88. The lowest BCUT2D eigenvalue weighted by Gasteiger charge is -2.36. The van der Waals surface area contributed by atoms with Crippen molar-refractivity contribution in [3.05, 3.63) is 108 Å². The molecule has 170 valence electrons. The van der Waals surface area contributed by atoms with Crippen LogP contribution in [-0.2, 0) is 15.1 Å². The van der Waals surface area contributed by atoms with Crippen LogP contribution in [0.25, 0.3) is 0 Å². The molecule has 1 aliphatic heterocycles. The minimum absolute atomic E-state index is 0.149. The molecule has 3 aromatic rings. The largest absolute Gasteiger partial charge is 0.376 e. The highest BCUT2D eigenvalue weighted by atomic mass is 16.5. The van der Waals surface area contributed by atoms with Gasteiger partial charge in [-0.1, -0.05) is 97.9 Å². The molecule has 1 unspecified atom stereocenters. The summed E-state index contributed by atoms with van der Waals surface area (Å²) in [5.74, 6) is -0.904. The quantitative estimate of drug-likeness (QED) is 0.417. The number of benzene rings is 3. The molecule has 0 radical (unpaired) electrons. The number of aliphatic hydroxyl groups is 2. The fourth-order valence-electron chi connectivity index (χ4n) is 3.99. The van der Waals surface area contributed by atoms with Crippen molar-refractivity contribution in [1.82, 2.24) is 0 Å². The molecule has 3 aromatic carbocycles. The molecule has 4 rings (SSSR count). The van der Waals surface area contributed by atoms with Crippen molar-refractivity contribution in [3.63, 3.8) is 0 Å². The first kappa shape index (κ1) is 24.1. The average molecular weight is 435 g/mol. The van der Waals surface area contributed by atoms with Crippen LogP contribution in [0.5, 0.6) is 0 Å². The second kappa shape index (κ2) is 10.9. The maximum Gasteiger partial charge on any atom is 0.156 e. The second-order valence-electron chi connectivity index (χ2n) is 8.88. The molecule has 1 aliphatic rings. The third-order valence-corrected chi connectivity index (χ3v) is 5.31. The van der Waals surface area contributed by atoms with Crippen LogP contribution < -0.4 is 0 Å². The molecule has 0 spiro atoms. The van der Waals surface area contributed by atoms with Gasteiger partial charge in [-0.3, -0.25) is 0 Å². The van der Waals surface area contributed by atoms with Gasteiger partial charge in [-0.2, -0.15) is 0 Å². The van der Waals surface area contributed by atoms with E-state index < -0.39 is 11.4 Å². The van der Waals surface area contributed by atoms with Crippen LogP contribution in [0.4, 0.5) is 0 Å². The monoisotopic (exact) mass is 434 g/mol. The van der Waals surface area contributed by atoms with Crippen LogP contribution in [0.1, 0.15) is 43.9 Å². The van der Waals surface area contributed by atoms with Gasteiger partial charge in [0, 0.05) is 6.61 Å². The zero-order valence-corrected chi connectivity index (χ0v) is 19.1. The van der Waals surface area contributed by atoms with Gasteiger partial charge in [0.2, 0.25) is 0 Å². The molecule has 2 N–H and O–H groups in total. The van der Waals surface area contributed by atoms with Crippen LogP contribution in [-0.4, -0.2) is 35.3 Å². The van der Waals surface area contributed by atoms with E-state index >= 15 is 0 Å². The fourth-order valence-corrected chi connectivity index (χ4v) is 3.99. The molecule has 0 aromatic heterocycles. The summed E-state index contributed by atoms with van der Waals surface area (Å²) >= 11 is 0. The summed E-state index contributed by atoms with van der Waals surface area (Å²) in [5, 5.41) is 16.2. The van der Waals surface area contributed by atoms with Crippen LogP contribution in [0.15, 0.2) is 91.0 Å². The van der Waals surface area contributed by atoms with Gasteiger partial charge in [0.25, 0.3) is 0 Å². The molecule has 0 aliphatic carbocycles. The van der Waals surface area contributed by atoms with Gasteiger partial charge < -0.3 is 19.7 Å². The summed E-state index contributed by atoms with van der Waals surface area (Å²) in [4.78, 5) is 0. The van der Waals surface area contributed by atoms with E-state index in [0.29, 0.717) is 12.5 Å². The highest BCUT2D eigenvalue weighted by Gasteiger charge is 2.38. The molecule has 4 nitrogen and oxygen atoms in total. The number of ether oxygens (including phenoxy) is 2. The molecule has 0 saturated carbocycles. The molecule has 0 bridgehead atoms. The molecule has 1 fully saturated rings. The van der Waals surface area contributed by atoms with Crippen LogP contribution in [0, 0.1) is 5.92 Å². The Morgan fingerprint density at radius 1 is 0.781 bits per heavy atom. The Balaban J connectivity index is 0.000000523. The van der Waals surface area contributed by atoms with Gasteiger partial charge in [-0.05, 0) is 42.9 Å². The van der Waals surface area contributed by atoms with Gasteiger partial charge in [0.05, 0.1) is 12.7 Å². The first-order valence-corrected chi connectivity index (χ1v) is 11.2. The van der Waals surface area contributed by atoms with Gasteiger partial charge in [-0.25, -0.2) is 0 Å². The Morgan fingerprint density at radius 2 is 1.16 bits per heavy atom. The topological polar surface area (TPSA) is 58.9 Å². The summed E-state index contributed by atoms with van der Waals surface area (Å²) in [5.41, 5.74) is 2.74. The van der Waals surface area contributed by atoms with E-state index in [-0.39, 0.29) is 6.10 Å². The van der Waals surface area contributed by atoms with Gasteiger partial charge >= 0.3 is 0 Å². The molecule has 32 heavy (non-hydrogen) atoms. The van der Waals surface area contributed by atoms with Crippen molar-refractivity contribution in [2.24, 2.45) is 5.92 Å². The van der Waals surface area contributed by atoms with E-state index in [1.165, 1.54) is 13.8 Å². The standard InChI is InChI=1S/C25H26O2.C3H8O2/c1-20-17-24(26-18-20)19-27-25(21-11-5-2-6-12-21,22-13-7-3-8-14-22)23-15-9-4-10-16-23;1-3(2,4)5/h2-16,20,24H,17-19H2,1H3;4-5H,1-2H3/t20?,24-;/m0./s1. The van der Waals surface area contributed by atoms with Crippen molar-refractivity contribution in [2.45, 2.75) is 44.7 Å². The van der Waals surface area contributed by atoms with Crippen LogP contribution in [0.3, 0.4) is 0 Å². The lowest BCUT2D eigenvalue weighted by molar-refractivity contribution is -0.127. The highest BCUT2D eigenvalue weighted by molar-refractivity contribution is 5.47. The SMILES string of the molecule is CC(C)(O)O.CC1CO[C@H](COC(c2ccccc2)(c2ccccc2)c2ccccc2)C1. The maximum absolute atomic E-state index is 8.08. The normalized spacial score (nSPS) is 18.7. The first-order chi connectivity index (χ1) is 15.3. The van der Waals surface area contributed by atoms with E-state index in [4.69, 9.17) is 19.7 Å². The van der Waals surface area contributed by atoms with Crippen LogP contribution >= 0.6 is 0 Å². The molecular weight excluding hydrogens is 400 g/mol. The van der Waals surface area contributed by atoms with E-state index in [0.717, 1.165) is 29.7 Å². The van der Waals surface area contributed by atoms with Crippen molar-refractivity contribution in [2.75, 3.05) is 13.2 Å². The highest BCUT2D eigenvalue weighted by Crippen LogP contribution is 2.41. The Morgan fingerprint density at radius 3 is 1.47 bits per heavy atom. The zero-order chi connectivity index (χ0) is 23.0. The molecule has 0 amide bonds. The van der Waals surface area contributed by atoms with Gasteiger partial charge in [-0.15, -0.1) is 0 Å². The third-order valence-electron chi connectivity index (χ3n) is 5.31. The van der Waals surface area contributed by atoms with E-state index in [2.05, 4.69) is 79.7 Å². The molecule has 1 saturated heterocycles. The average Bonchev–Trinajstić information content (AvgIpc) is 3.20. The number of rotatable bonds is 6. The van der Waals surface area contributed by atoms with Gasteiger partial charge in [0.15, 0.2) is 5.79 Å². The van der Waals surface area contributed by atoms with Crippen molar-refractivity contribution in [3.8, 4) is 0 Å². The molecule has 2 atom stereocenters. The number of hydrogen-bond donors (Lipinski definition) is 2. The van der Waals surface area contributed by atoms with Crippen LogP contribution in [0.2, 0.25) is 0 Å². The number of hydrogen-bond acceptors (Lipinski definition) is 4. The Labute approximate surface area is 191 Å². The molecule has 4 heteroatoms. The minimum Gasteiger partial charge on any atom is -0.376 e. The summed E-state index contributed by atoms with van der Waals surface area (Å²) in [6, 6.07) is 31.5. The van der Waals surface area contributed by atoms with E-state index in [1.54, 1.807) is 0 Å². The lowest BCUT2D eigenvalue weighted by Crippen LogP contribution is -2.35. The van der Waals surface area contributed by atoms with Crippen molar-refractivity contribution in [1.29, 1.82) is 0 Å². The Kier molecular flexibility index (Phi) is 8.21. The summed E-state index contributed by atoms with van der Waals surface area (Å²) < 4.78 is 12.7. The van der Waals surface area contributed by atoms with E-state index in [9.17, 15) is 0 Å². The zero-order valence-electron chi connectivity index (χ0n) is 19.1.